The van der Waals surface area contributed by atoms with Crippen molar-refractivity contribution in [1.29, 1.82) is 0 Å². The quantitative estimate of drug-likeness (QED) is 0.714. The Morgan fingerprint density at radius 3 is 3.08 bits per heavy atom. The van der Waals surface area contributed by atoms with Gasteiger partial charge in [-0.1, -0.05) is 11.6 Å². The van der Waals surface area contributed by atoms with Crippen molar-refractivity contribution in [1.82, 2.24) is 9.97 Å². The number of pyridine rings is 1. The highest BCUT2D eigenvalue weighted by Gasteiger charge is 2.08. The van der Waals surface area contributed by atoms with Crippen molar-refractivity contribution >= 4 is 38.6 Å². The van der Waals surface area contributed by atoms with Crippen molar-refractivity contribution in [3.05, 3.63) is 27.7 Å². The first-order valence-electron chi connectivity index (χ1n) is 3.17. The van der Waals surface area contributed by atoms with E-state index in [1.807, 2.05) is 0 Å². The Morgan fingerprint density at radius 2 is 2.33 bits per heavy atom. The summed E-state index contributed by atoms with van der Waals surface area (Å²) in [6, 6.07) is 1.18. The molecule has 2 aromatic rings. The lowest BCUT2D eigenvalue weighted by atomic mass is 10.3. The first-order chi connectivity index (χ1) is 5.68. The van der Waals surface area contributed by atoms with Gasteiger partial charge >= 0.3 is 0 Å². The minimum absolute atomic E-state index is 0.148. The maximum atomic E-state index is 13.2. The Balaban J connectivity index is 2.93. The first kappa shape index (κ1) is 8.01. The van der Waals surface area contributed by atoms with Crippen LogP contribution in [0.25, 0.3) is 11.0 Å². The number of nitrogens with one attached hydrogen (secondary N) is 1. The molecule has 2 nitrogen and oxygen atoms in total. The van der Waals surface area contributed by atoms with E-state index in [4.69, 9.17) is 11.6 Å². The number of H-pyrrole nitrogens is 1. The molecular formula is C7H3BrClFN2. The predicted molar refractivity (Wildman–Crippen MR) is 48.8 cm³/mol. The maximum absolute atomic E-state index is 13.2. The minimum atomic E-state index is -0.377. The SMILES string of the molecule is Fc1cc(Cl)nc2[nH]cc(Br)c12. The molecule has 0 saturated heterocycles. The standard InChI is InChI=1S/C7H3BrClFN2/c8-3-2-11-7-6(3)4(10)1-5(9)12-7/h1-2H,(H,11,12). The summed E-state index contributed by atoms with van der Waals surface area (Å²) < 4.78 is 13.8. The molecule has 0 saturated carbocycles. The average molecular weight is 249 g/mol. The number of hydrogen-bond acceptors (Lipinski definition) is 1. The van der Waals surface area contributed by atoms with Gasteiger partial charge in [0.15, 0.2) is 0 Å². The fraction of sp³-hybridized carbons (Fsp3) is 0. The molecule has 0 spiro atoms. The van der Waals surface area contributed by atoms with E-state index in [0.29, 0.717) is 15.5 Å². The van der Waals surface area contributed by atoms with Gasteiger partial charge in [0.05, 0.1) is 5.39 Å². The van der Waals surface area contributed by atoms with Crippen LogP contribution in [-0.4, -0.2) is 9.97 Å². The summed E-state index contributed by atoms with van der Waals surface area (Å²) in [4.78, 5) is 6.68. The lowest BCUT2D eigenvalue weighted by Crippen LogP contribution is -1.82. The summed E-state index contributed by atoms with van der Waals surface area (Å²) in [6.07, 6.45) is 1.62. The molecule has 5 heteroatoms. The van der Waals surface area contributed by atoms with Gasteiger partial charge in [-0.15, -0.1) is 0 Å². The summed E-state index contributed by atoms with van der Waals surface area (Å²) >= 11 is 8.73. The summed E-state index contributed by atoms with van der Waals surface area (Å²) in [6.45, 7) is 0. The second-order valence-electron chi connectivity index (χ2n) is 2.29. The molecule has 12 heavy (non-hydrogen) atoms. The van der Waals surface area contributed by atoms with Gasteiger partial charge in [-0.3, -0.25) is 0 Å². The number of nitrogens with zero attached hydrogens (tertiary/aromatic N) is 1. The molecule has 1 N–H and O–H groups in total. The number of fused-ring (bicyclic) bond motifs is 1. The molecule has 0 unspecified atom stereocenters. The van der Waals surface area contributed by atoms with Crippen LogP contribution in [0.5, 0.6) is 0 Å². The average Bonchev–Trinajstić information content (AvgIpc) is 2.31. The van der Waals surface area contributed by atoms with Crippen LogP contribution in [0, 0.1) is 5.82 Å². The zero-order valence-electron chi connectivity index (χ0n) is 5.74. The fourth-order valence-electron chi connectivity index (χ4n) is 1.02. The molecule has 0 amide bonds. The van der Waals surface area contributed by atoms with E-state index in [-0.39, 0.29) is 11.0 Å². The van der Waals surface area contributed by atoms with Crippen molar-refractivity contribution in [2.45, 2.75) is 0 Å². The first-order valence-corrected chi connectivity index (χ1v) is 4.34. The Hall–Kier alpha value is -0.610. The monoisotopic (exact) mass is 248 g/mol. The minimum Gasteiger partial charge on any atom is -0.345 e. The van der Waals surface area contributed by atoms with Crippen molar-refractivity contribution < 1.29 is 4.39 Å². The zero-order chi connectivity index (χ0) is 8.72. The van der Waals surface area contributed by atoms with Crippen molar-refractivity contribution in [2.75, 3.05) is 0 Å². The van der Waals surface area contributed by atoms with Gasteiger partial charge < -0.3 is 4.98 Å². The van der Waals surface area contributed by atoms with Gasteiger partial charge in [-0.2, -0.15) is 0 Å². The van der Waals surface area contributed by atoms with E-state index in [1.165, 1.54) is 6.07 Å². The van der Waals surface area contributed by atoms with Crippen LogP contribution >= 0.6 is 27.5 Å². The highest BCUT2D eigenvalue weighted by Crippen LogP contribution is 2.26. The Bertz CT molecular complexity index is 440. The molecule has 0 aliphatic heterocycles. The molecule has 0 aliphatic rings. The lowest BCUT2D eigenvalue weighted by Gasteiger charge is -1.93. The smallest absolute Gasteiger partial charge is 0.143 e. The maximum Gasteiger partial charge on any atom is 0.143 e. The lowest BCUT2D eigenvalue weighted by molar-refractivity contribution is 0.638. The van der Waals surface area contributed by atoms with Crippen LogP contribution in [0.1, 0.15) is 0 Å². The molecule has 0 fully saturated rings. The second-order valence-corrected chi connectivity index (χ2v) is 3.53. The Kier molecular flexibility index (Phi) is 1.81. The molecule has 0 bridgehead atoms. The summed E-state index contributed by atoms with van der Waals surface area (Å²) in [5, 5.41) is 0.578. The van der Waals surface area contributed by atoms with Crippen LogP contribution in [0.2, 0.25) is 5.15 Å². The third-order valence-electron chi connectivity index (χ3n) is 1.51. The number of aromatic nitrogens is 2. The van der Waals surface area contributed by atoms with E-state index >= 15 is 0 Å². The van der Waals surface area contributed by atoms with Gasteiger partial charge in [-0.25, -0.2) is 9.37 Å². The second kappa shape index (κ2) is 2.71. The number of halogens is 3. The summed E-state index contributed by atoms with van der Waals surface area (Å²) in [5.41, 5.74) is 0.451. The van der Waals surface area contributed by atoms with Gasteiger partial charge in [0.2, 0.25) is 0 Å². The van der Waals surface area contributed by atoms with Crippen LogP contribution in [0.4, 0.5) is 4.39 Å². The molecule has 0 aliphatic carbocycles. The molecule has 0 atom stereocenters. The highest BCUT2D eigenvalue weighted by molar-refractivity contribution is 9.10. The fourth-order valence-corrected chi connectivity index (χ4v) is 1.69. The van der Waals surface area contributed by atoms with Crippen molar-refractivity contribution in [3.8, 4) is 0 Å². The van der Waals surface area contributed by atoms with Gasteiger partial charge in [0.25, 0.3) is 0 Å². The van der Waals surface area contributed by atoms with Crippen molar-refractivity contribution in [2.24, 2.45) is 0 Å². The largest absolute Gasteiger partial charge is 0.345 e. The van der Waals surface area contributed by atoms with E-state index in [1.54, 1.807) is 6.20 Å². The molecule has 0 radical (unpaired) electrons. The molecule has 2 heterocycles. The highest BCUT2D eigenvalue weighted by atomic mass is 79.9. The Labute approximate surface area is 80.9 Å². The number of aromatic amines is 1. The van der Waals surface area contributed by atoms with Crippen LogP contribution in [-0.2, 0) is 0 Å². The third-order valence-corrected chi connectivity index (χ3v) is 2.33. The van der Waals surface area contributed by atoms with E-state index in [9.17, 15) is 4.39 Å². The number of hydrogen-bond donors (Lipinski definition) is 1. The van der Waals surface area contributed by atoms with Gasteiger partial charge in [0.1, 0.15) is 16.6 Å². The topological polar surface area (TPSA) is 28.7 Å². The van der Waals surface area contributed by atoms with E-state index < -0.39 is 0 Å². The predicted octanol–water partition coefficient (Wildman–Crippen LogP) is 3.12. The summed E-state index contributed by atoms with van der Waals surface area (Å²) in [7, 11) is 0. The van der Waals surface area contributed by atoms with Gasteiger partial charge in [0, 0.05) is 16.7 Å². The van der Waals surface area contributed by atoms with Crippen LogP contribution < -0.4 is 0 Å². The van der Waals surface area contributed by atoms with Crippen LogP contribution in [0.15, 0.2) is 16.7 Å². The third kappa shape index (κ3) is 1.11. The zero-order valence-corrected chi connectivity index (χ0v) is 8.08. The molecule has 2 aromatic heterocycles. The molecule has 0 aromatic carbocycles. The normalized spacial score (nSPS) is 10.9. The van der Waals surface area contributed by atoms with Crippen LogP contribution in [0.3, 0.4) is 0 Å². The molecular weight excluding hydrogens is 246 g/mol. The summed E-state index contributed by atoms with van der Waals surface area (Å²) in [5.74, 6) is -0.377. The number of rotatable bonds is 0. The molecule has 2 rings (SSSR count). The Morgan fingerprint density at radius 1 is 1.58 bits per heavy atom. The van der Waals surface area contributed by atoms with Crippen molar-refractivity contribution in [3.63, 3.8) is 0 Å². The van der Waals surface area contributed by atoms with Gasteiger partial charge in [-0.05, 0) is 15.9 Å². The van der Waals surface area contributed by atoms with E-state index in [2.05, 4.69) is 25.9 Å². The van der Waals surface area contributed by atoms with E-state index in [0.717, 1.165) is 0 Å². The molecule has 62 valence electrons.